The van der Waals surface area contributed by atoms with Crippen molar-refractivity contribution in [3.05, 3.63) is 23.8 Å². The van der Waals surface area contributed by atoms with Gasteiger partial charge in [0.05, 0.1) is 37.9 Å². The zero-order chi connectivity index (χ0) is 15.4. The Hall–Kier alpha value is -1.46. The summed E-state index contributed by atoms with van der Waals surface area (Å²) in [5.41, 5.74) is 0.515. The van der Waals surface area contributed by atoms with Crippen molar-refractivity contribution in [2.75, 3.05) is 33.2 Å². The molecular weight excluding hydrogens is 294 g/mol. The van der Waals surface area contributed by atoms with Crippen molar-refractivity contribution < 1.29 is 19.0 Å². The number of amides is 1. The number of halogens is 1. The number of carbonyl (C=O) groups excluding carboxylic acids is 1. The van der Waals surface area contributed by atoms with Gasteiger partial charge in [0.25, 0.3) is 5.91 Å². The van der Waals surface area contributed by atoms with E-state index >= 15 is 0 Å². The molecule has 1 aliphatic rings. The SMILES string of the molecule is COc1ccc(C(=O)N2CC(C)OC(CCl)C2)c(OC)c1. The number of carbonyl (C=O) groups is 1. The van der Waals surface area contributed by atoms with Crippen LogP contribution in [0.4, 0.5) is 0 Å². The van der Waals surface area contributed by atoms with Gasteiger partial charge in [-0.1, -0.05) is 0 Å². The lowest BCUT2D eigenvalue weighted by Gasteiger charge is -2.36. The molecule has 2 rings (SSSR count). The van der Waals surface area contributed by atoms with E-state index in [0.717, 1.165) is 0 Å². The minimum absolute atomic E-state index is 0.0318. The summed E-state index contributed by atoms with van der Waals surface area (Å²) in [6.07, 6.45) is -0.167. The van der Waals surface area contributed by atoms with E-state index in [2.05, 4.69) is 0 Å². The van der Waals surface area contributed by atoms with Gasteiger partial charge in [-0.2, -0.15) is 0 Å². The predicted octanol–water partition coefficient (Wildman–Crippen LogP) is 2.17. The van der Waals surface area contributed by atoms with E-state index in [1.165, 1.54) is 7.11 Å². The summed E-state index contributed by atoms with van der Waals surface area (Å²) in [4.78, 5) is 14.4. The van der Waals surface area contributed by atoms with Gasteiger partial charge >= 0.3 is 0 Å². The molecule has 1 saturated heterocycles. The Kier molecular flexibility index (Phi) is 5.31. The molecule has 116 valence electrons. The van der Waals surface area contributed by atoms with Gasteiger partial charge in [0.1, 0.15) is 11.5 Å². The number of alkyl halides is 1. The molecule has 0 N–H and O–H groups in total. The molecule has 0 radical (unpaired) electrons. The second-order valence-electron chi connectivity index (χ2n) is 5.00. The van der Waals surface area contributed by atoms with Crippen molar-refractivity contribution in [3.8, 4) is 11.5 Å². The van der Waals surface area contributed by atoms with Crippen molar-refractivity contribution in [2.24, 2.45) is 0 Å². The predicted molar refractivity (Wildman–Crippen MR) is 80.5 cm³/mol. The van der Waals surface area contributed by atoms with Crippen LogP contribution >= 0.6 is 11.6 Å². The van der Waals surface area contributed by atoms with Gasteiger partial charge in [-0.15, -0.1) is 11.6 Å². The maximum atomic E-state index is 12.7. The van der Waals surface area contributed by atoms with E-state index in [1.54, 1.807) is 30.2 Å². The molecule has 1 heterocycles. The smallest absolute Gasteiger partial charge is 0.257 e. The molecule has 21 heavy (non-hydrogen) atoms. The van der Waals surface area contributed by atoms with Gasteiger partial charge in [-0.25, -0.2) is 0 Å². The lowest BCUT2D eigenvalue weighted by Crippen LogP contribution is -2.49. The van der Waals surface area contributed by atoms with E-state index in [0.29, 0.717) is 36.0 Å². The van der Waals surface area contributed by atoms with Crippen LogP contribution in [0.5, 0.6) is 11.5 Å². The van der Waals surface area contributed by atoms with Crippen LogP contribution in [0.1, 0.15) is 17.3 Å². The van der Waals surface area contributed by atoms with E-state index in [1.807, 2.05) is 6.92 Å². The average Bonchev–Trinajstić information content (AvgIpc) is 2.52. The monoisotopic (exact) mass is 313 g/mol. The largest absolute Gasteiger partial charge is 0.497 e. The number of hydrogen-bond donors (Lipinski definition) is 0. The molecule has 2 unspecified atom stereocenters. The van der Waals surface area contributed by atoms with Gasteiger partial charge in [0.15, 0.2) is 0 Å². The summed E-state index contributed by atoms with van der Waals surface area (Å²) >= 11 is 5.86. The highest BCUT2D eigenvalue weighted by Crippen LogP contribution is 2.26. The first kappa shape index (κ1) is 15.9. The van der Waals surface area contributed by atoms with Crippen molar-refractivity contribution in [3.63, 3.8) is 0 Å². The van der Waals surface area contributed by atoms with Crippen molar-refractivity contribution in [1.29, 1.82) is 0 Å². The fraction of sp³-hybridized carbons (Fsp3) is 0.533. The number of morpholine rings is 1. The van der Waals surface area contributed by atoms with E-state index in [9.17, 15) is 4.79 Å². The van der Waals surface area contributed by atoms with E-state index in [4.69, 9.17) is 25.8 Å². The highest BCUT2D eigenvalue weighted by atomic mass is 35.5. The first-order valence-corrected chi connectivity index (χ1v) is 7.35. The Bertz CT molecular complexity index is 508. The molecule has 1 amide bonds. The first-order chi connectivity index (χ1) is 10.1. The zero-order valence-corrected chi connectivity index (χ0v) is 13.2. The van der Waals surface area contributed by atoms with Crippen LogP contribution in [-0.4, -0.2) is 56.2 Å². The number of ether oxygens (including phenoxy) is 3. The molecule has 0 bridgehead atoms. The third-order valence-electron chi connectivity index (χ3n) is 3.42. The molecule has 0 aliphatic carbocycles. The summed E-state index contributed by atoms with van der Waals surface area (Å²) in [7, 11) is 3.11. The van der Waals surface area contributed by atoms with E-state index < -0.39 is 0 Å². The Labute approximate surface area is 129 Å². The Morgan fingerprint density at radius 1 is 1.38 bits per heavy atom. The standard InChI is InChI=1S/C15H20ClNO4/c1-10-8-17(9-12(7-16)21-10)15(18)13-5-4-11(19-2)6-14(13)20-3/h4-6,10,12H,7-9H2,1-3H3. The molecule has 1 aromatic carbocycles. The molecule has 5 nitrogen and oxygen atoms in total. The summed E-state index contributed by atoms with van der Waals surface area (Å²) < 4.78 is 16.1. The Morgan fingerprint density at radius 3 is 2.76 bits per heavy atom. The molecule has 1 fully saturated rings. The van der Waals surface area contributed by atoms with Crippen LogP contribution in [0.3, 0.4) is 0 Å². The molecule has 0 aromatic heterocycles. The van der Waals surface area contributed by atoms with Gasteiger partial charge < -0.3 is 19.1 Å². The van der Waals surface area contributed by atoms with Crippen molar-refractivity contribution in [2.45, 2.75) is 19.1 Å². The van der Waals surface area contributed by atoms with Crippen LogP contribution < -0.4 is 9.47 Å². The third kappa shape index (κ3) is 3.60. The van der Waals surface area contributed by atoms with Gasteiger partial charge in [0, 0.05) is 19.2 Å². The van der Waals surface area contributed by atoms with Crippen LogP contribution in [-0.2, 0) is 4.74 Å². The minimum atomic E-state index is -0.136. The number of benzene rings is 1. The lowest BCUT2D eigenvalue weighted by atomic mass is 10.1. The summed E-state index contributed by atoms with van der Waals surface area (Å²) in [6.45, 7) is 2.97. The topological polar surface area (TPSA) is 48.0 Å². The van der Waals surface area contributed by atoms with Crippen LogP contribution in [0.15, 0.2) is 18.2 Å². The van der Waals surface area contributed by atoms with Gasteiger partial charge in [-0.3, -0.25) is 4.79 Å². The lowest BCUT2D eigenvalue weighted by molar-refractivity contribution is -0.0571. The normalized spacial score (nSPS) is 22.0. The van der Waals surface area contributed by atoms with Crippen molar-refractivity contribution >= 4 is 17.5 Å². The highest BCUT2D eigenvalue weighted by Gasteiger charge is 2.29. The maximum Gasteiger partial charge on any atom is 0.257 e. The number of nitrogens with zero attached hydrogens (tertiary/aromatic N) is 1. The first-order valence-electron chi connectivity index (χ1n) is 6.81. The Balaban J connectivity index is 2.22. The second-order valence-corrected chi connectivity index (χ2v) is 5.31. The Morgan fingerprint density at radius 2 is 2.14 bits per heavy atom. The molecule has 2 atom stereocenters. The quantitative estimate of drug-likeness (QED) is 0.799. The van der Waals surface area contributed by atoms with E-state index in [-0.39, 0.29) is 18.1 Å². The highest BCUT2D eigenvalue weighted by molar-refractivity contribution is 6.18. The average molecular weight is 314 g/mol. The molecule has 6 heteroatoms. The maximum absolute atomic E-state index is 12.7. The van der Waals surface area contributed by atoms with Crippen LogP contribution in [0.2, 0.25) is 0 Å². The summed E-state index contributed by atoms with van der Waals surface area (Å²) in [5, 5.41) is 0. The second kappa shape index (κ2) is 7.00. The third-order valence-corrected chi connectivity index (χ3v) is 3.77. The summed E-state index contributed by atoms with van der Waals surface area (Å²) in [5.74, 6) is 1.44. The molecule has 1 aromatic rings. The van der Waals surface area contributed by atoms with Gasteiger partial charge in [0.2, 0.25) is 0 Å². The fourth-order valence-electron chi connectivity index (χ4n) is 2.44. The minimum Gasteiger partial charge on any atom is -0.497 e. The van der Waals surface area contributed by atoms with Crippen LogP contribution in [0, 0.1) is 0 Å². The zero-order valence-electron chi connectivity index (χ0n) is 12.5. The molecular formula is C15H20ClNO4. The number of methoxy groups -OCH3 is 2. The molecule has 1 aliphatic heterocycles. The molecule has 0 saturated carbocycles. The number of hydrogen-bond acceptors (Lipinski definition) is 4. The number of rotatable bonds is 4. The van der Waals surface area contributed by atoms with Gasteiger partial charge in [-0.05, 0) is 19.1 Å². The molecule has 0 spiro atoms. The fourth-order valence-corrected chi connectivity index (χ4v) is 2.61. The van der Waals surface area contributed by atoms with Crippen molar-refractivity contribution in [1.82, 2.24) is 4.90 Å². The van der Waals surface area contributed by atoms with Crippen LogP contribution in [0.25, 0.3) is 0 Å². The summed E-state index contributed by atoms with van der Waals surface area (Å²) in [6, 6.07) is 5.17.